The van der Waals surface area contributed by atoms with Gasteiger partial charge in [0.2, 0.25) is 0 Å². The first-order chi connectivity index (χ1) is 8.36. The molecule has 18 heavy (non-hydrogen) atoms. The maximum atomic E-state index is 10.4. The van der Waals surface area contributed by atoms with Gasteiger partial charge < -0.3 is 0 Å². The van der Waals surface area contributed by atoms with Gasteiger partial charge in [0.05, 0.1) is 4.88 Å². The van der Waals surface area contributed by atoms with E-state index in [1.54, 1.807) is 22.7 Å². The van der Waals surface area contributed by atoms with Gasteiger partial charge in [-0.25, -0.2) is 0 Å². The van der Waals surface area contributed by atoms with Crippen LogP contribution in [0.5, 0.6) is 0 Å². The van der Waals surface area contributed by atoms with Gasteiger partial charge in [-0.15, -0.1) is 11.3 Å². The molecule has 0 unspecified atom stereocenters. The Bertz CT molecular complexity index is 373. The van der Waals surface area contributed by atoms with Crippen molar-refractivity contribution in [2.45, 2.75) is 40.0 Å². The fourth-order valence-electron chi connectivity index (χ4n) is 1.37. The van der Waals surface area contributed by atoms with Crippen LogP contribution in [0, 0.1) is 0 Å². The van der Waals surface area contributed by atoms with Crippen LogP contribution in [0.15, 0.2) is 35.0 Å². The van der Waals surface area contributed by atoms with E-state index in [9.17, 15) is 4.79 Å². The zero-order valence-corrected chi connectivity index (χ0v) is 11.7. The van der Waals surface area contributed by atoms with Crippen LogP contribution in [0.25, 0.3) is 0 Å². The minimum absolute atomic E-state index is 0. The summed E-state index contributed by atoms with van der Waals surface area (Å²) in [5, 5.41) is 4.08. The highest BCUT2D eigenvalue weighted by molar-refractivity contribution is 7.13. The normalized spacial score (nSPS) is 8.94. The number of unbranched alkanes of at least 4 members (excludes halogenated alkanes) is 2. The topological polar surface area (TPSA) is 17.1 Å². The third-order valence-corrected chi connectivity index (χ3v) is 3.95. The first-order valence-corrected chi connectivity index (χ1v) is 7.63. The summed E-state index contributed by atoms with van der Waals surface area (Å²) in [6.07, 6.45) is 5.84. The minimum atomic E-state index is 0. The smallest absolute Gasteiger partial charge is 0.160 e. The van der Waals surface area contributed by atoms with E-state index < -0.39 is 0 Å². The zero-order chi connectivity index (χ0) is 12.3. The molecular formula is C15H22OS2. The molecule has 0 spiro atoms. The van der Waals surface area contributed by atoms with Crippen LogP contribution in [-0.4, -0.2) is 6.29 Å². The predicted molar refractivity (Wildman–Crippen MR) is 84.0 cm³/mol. The largest absolute Gasteiger partial charge is 0.297 e. The lowest BCUT2D eigenvalue weighted by atomic mass is 10.2. The summed E-state index contributed by atoms with van der Waals surface area (Å²) in [5.74, 6) is 0. The zero-order valence-electron chi connectivity index (χ0n) is 10.1. The van der Waals surface area contributed by atoms with Crippen LogP contribution in [-0.2, 0) is 6.42 Å². The Kier molecular flexibility index (Phi) is 10.6. The molecule has 0 saturated heterocycles. The van der Waals surface area contributed by atoms with E-state index in [2.05, 4.69) is 13.0 Å². The van der Waals surface area contributed by atoms with E-state index in [1.165, 1.54) is 24.1 Å². The standard InChI is InChI=1S/C10H14OS.C4H4S.CH4/c1-2-3-4-5-9-6-7-10(8-11)12-9;1-2-4-5-3-1;/h6-8H,2-5H2,1H3;1-4H;1H4. The number of rotatable bonds is 5. The van der Waals surface area contributed by atoms with Gasteiger partial charge in [-0.3, -0.25) is 4.79 Å². The average molecular weight is 282 g/mol. The lowest BCUT2D eigenvalue weighted by molar-refractivity contribution is 0.112. The van der Waals surface area contributed by atoms with Gasteiger partial charge in [-0.1, -0.05) is 39.3 Å². The summed E-state index contributed by atoms with van der Waals surface area (Å²) in [5.41, 5.74) is 0. The van der Waals surface area contributed by atoms with Gasteiger partial charge in [0, 0.05) is 4.88 Å². The lowest BCUT2D eigenvalue weighted by Gasteiger charge is -1.93. The van der Waals surface area contributed by atoms with Gasteiger partial charge >= 0.3 is 0 Å². The minimum Gasteiger partial charge on any atom is -0.297 e. The van der Waals surface area contributed by atoms with Crippen LogP contribution in [0.1, 0.15) is 48.2 Å². The second-order valence-electron chi connectivity index (χ2n) is 3.67. The van der Waals surface area contributed by atoms with E-state index in [4.69, 9.17) is 0 Å². The highest BCUT2D eigenvalue weighted by Crippen LogP contribution is 2.17. The fraction of sp³-hybridized carbons (Fsp3) is 0.400. The molecule has 0 radical (unpaired) electrons. The second-order valence-corrected chi connectivity index (χ2v) is 5.69. The summed E-state index contributed by atoms with van der Waals surface area (Å²) >= 11 is 3.33. The van der Waals surface area contributed by atoms with Crippen LogP contribution in [0.4, 0.5) is 0 Å². The van der Waals surface area contributed by atoms with Crippen molar-refractivity contribution in [3.8, 4) is 0 Å². The fourth-order valence-corrected chi connectivity index (χ4v) is 2.69. The molecule has 0 bridgehead atoms. The maximum absolute atomic E-state index is 10.4. The van der Waals surface area contributed by atoms with Crippen molar-refractivity contribution in [1.29, 1.82) is 0 Å². The number of aldehydes is 1. The third kappa shape index (κ3) is 7.41. The molecule has 100 valence electrons. The Morgan fingerprint density at radius 1 is 1.17 bits per heavy atom. The molecule has 0 fully saturated rings. The van der Waals surface area contributed by atoms with E-state index in [0.29, 0.717) is 0 Å². The monoisotopic (exact) mass is 282 g/mol. The number of hydrogen-bond acceptors (Lipinski definition) is 3. The van der Waals surface area contributed by atoms with Crippen molar-refractivity contribution in [2.24, 2.45) is 0 Å². The van der Waals surface area contributed by atoms with Gasteiger partial charge in [0.15, 0.2) is 6.29 Å². The number of carbonyl (C=O) groups is 1. The van der Waals surface area contributed by atoms with Gasteiger partial charge in [0.1, 0.15) is 0 Å². The maximum Gasteiger partial charge on any atom is 0.160 e. The number of aryl methyl sites for hydroxylation is 1. The van der Waals surface area contributed by atoms with Crippen LogP contribution in [0.2, 0.25) is 0 Å². The molecule has 0 aliphatic heterocycles. The summed E-state index contributed by atoms with van der Waals surface area (Å²) in [7, 11) is 0. The van der Waals surface area contributed by atoms with Gasteiger partial charge in [-0.2, -0.15) is 11.3 Å². The predicted octanol–water partition coefficient (Wildman–Crippen LogP) is 5.68. The summed E-state index contributed by atoms with van der Waals surface area (Å²) in [6.45, 7) is 2.20. The molecule has 0 amide bonds. The van der Waals surface area contributed by atoms with Crippen LogP contribution >= 0.6 is 22.7 Å². The Labute approximate surface area is 118 Å². The number of carbonyl (C=O) groups excluding carboxylic acids is 1. The average Bonchev–Trinajstić information content (AvgIpc) is 3.04. The van der Waals surface area contributed by atoms with Crippen molar-refractivity contribution >= 4 is 29.0 Å². The second kappa shape index (κ2) is 11.2. The van der Waals surface area contributed by atoms with Crippen LogP contribution < -0.4 is 0 Å². The first-order valence-electron chi connectivity index (χ1n) is 5.88. The molecule has 0 aromatic carbocycles. The molecule has 0 aliphatic carbocycles. The van der Waals surface area contributed by atoms with Gasteiger partial charge in [0.25, 0.3) is 0 Å². The van der Waals surface area contributed by atoms with Crippen molar-refractivity contribution in [1.82, 2.24) is 0 Å². The van der Waals surface area contributed by atoms with E-state index in [-0.39, 0.29) is 7.43 Å². The van der Waals surface area contributed by atoms with Gasteiger partial charge in [-0.05, 0) is 35.7 Å². The summed E-state index contributed by atoms with van der Waals surface area (Å²) < 4.78 is 0. The van der Waals surface area contributed by atoms with Crippen molar-refractivity contribution < 1.29 is 4.79 Å². The van der Waals surface area contributed by atoms with E-state index in [0.717, 1.165) is 17.6 Å². The number of thiophene rings is 2. The Morgan fingerprint density at radius 2 is 1.89 bits per heavy atom. The molecule has 0 aliphatic rings. The van der Waals surface area contributed by atoms with Crippen molar-refractivity contribution in [2.75, 3.05) is 0 Å². The molecule has 3 heteroatoms. The lowest BCUT2D eigenvalue weighted by Crippen LogP contribution is -1.78. The van der Waals surface area contributed by atoms with Crippen molar-refractivity contribution in [3.05, 3.63) is 44.8 Å². The molecule has 2 aromatic heterocycles. The highest BCUT2D eigenvalue weighted by atomic mass is 32.1. The molecule has 2 rings (SSSR count). The number of hydrogen-bond donors (Lipinski definition) is 0. The Morgan fingerprint density at radius 3 is 2.33 bits per heavy atom. The van der Waals surface area contributed by atoms with Crippen LogP contribution in [0.3, 0.4) is 0 Å². The molecule has 2 heterocycles. The SMILES string of the molecule is C.CCCCCc1ccc(C=O)s1.c1ccsc1. The van der Waals surface area contributed by atoms with E-state index >= 15 is 0 Å². The molecule has 2 aromatic rings. The first kappa shape index (κ1) is 17.1. The quantitative estimate of drug-likeness (QED) is 0.509. The molecular weight excluding hydrogens is 260 g/mol. The third-order valence-electron chi connectivity index (χ3n) is 2.25. The Hall–Kier alpha value is -0.930. The van der Waals surface area contributed by atoms with Crippen molar-refractivity contribution in [3.63, 3.8) is 0 Å². The summed E-state index contributed by atoms with van der Waals surface area (Å²) in [4.78, 5) is 12.5. The molecule has 0 saturated carbocycles. The summed E-state index contributed by atoms with van der Waals surface area (Å²) in [6, 6.07) is 8.00. The molecule has 0 N–H and O–H groups in total. The molecule has 0 atom stereocenters. The Balaban J connectivity index is 0.000000405. The molecule has 1 nitrogen and oxygen atoms in total. The highest BCUT2D eigenvalue weighted by Gasteiger charge is 1.97. The van der Waals surface area contributed by atoms with E-state index in [1.807, 2.05) is 29.0 Å².